The molecule has 0 bridgehead atoms. The van der Waals surface area contributed by atoms with E-state index in [1.807, 2.05) is 67.0 Å². The molecule has 4 aromatic carbocycles. The first kappa shape index (κ1) is 31.8. The maximum absolute atomic E-state index is 14.0. The summed E-state index contributed by atoms with van der Waals surface area (Å²) in [5.74, 6) is -0.458. The van der Waals surface area contributed by atoms with Crippen LogP contribution < -0.4 is 0 Å². The number of ether oxygens (including phenoxy) is 2. The lowest BCUT2D eigenvalue weighted by Gasteiger charge is -2.42. The second-order valence-electron chi connectivity index (χ2n) is 12.8. The van der Waals surface area contributed by atoms with Gasteiger partial charge in [0.1, 0.15) is 5.60 Å². The molecule has 0 aromatic heterocycles. The lowest BCUT2D eigenvalue weighted by Crippen LogP contribution is -2.49. The zero-order valence-corrected chi connectivity index (χ0v) is 26.7. The Hall–Kier alpha value is -4.65. The van der Waals surface area contributed by atoms with Gasteiger partial charge in [-0.15, -0.1) is 0 Å². The Morgan fingerprint density at radius 1 is 0.867 bits per heavy atom. The van der Waals surface area contributed by atoms with Gasteiger partial charge in [0, 0.05) is 31.1 Å². The van der Waals surface area contributed by atoms with Crippen molar-refractivity contribution in [3.05, 3.63) is 119 Å². The third kappa shape index (κ3) is 7.36. The number of fused-ring (bicyclic) bond motifs is 1. The van der Waals surface area contributed by atoms with Gasteiger partial charge < -0.3 is 19.3 Å². The second kappa shape index (κ2) is 13.6. The number of amides is 2. The Bertz CT molecular complexity index is 1640. The van der Waals surface area contributed by atoms with Crippen LogP contribution in [0.15, 0.2) is 97.1 Å². The molecule has 45 heavy (non-hydrogen) atoms. The summed E-state index contributed by atoms with van der Waals surface area (Å²) in [7, 11) is 1.33. The number of methoxy groups -OCH3 is 1. The van der Waals surface area contributed by atoms with Gasteiger partial charge in [0.2, 0.25) is 0 Å². The van der Waals surface area contributed by atoms with Crippen LogP contribution in [0.4, 0.5) is 4.79 Å². The molecule has 0 spiro atoms. The number of carbonyl (C=O) groups is 3. The molecule has 1 heterocycles. The van der Waals surface area contributed by atoms with Gasteiger partial charge in [-0.1, -0.05) is 72.8 Å². The highest BCUT2D eigenvalue weighted by atomic mass is 16.6. The van der Waals surface area contributed by atoms with Gasteiger partial charge in [-0.3, -0.25) is 4.79 Å². The molecule has 1 aliphatic heterocycles. The van der Waals surface area contributed by atoms with Crippen LogP contribution in [0, 0.1) is 5.92 Å². The molecule has 0 radical (unpaired) electrons. The number of nitrogens with zero attached hydrogens (tertiary/aromatic N) is 2. The largest absolute Gasteiger partial charge is 0.465 e. The summed E-state index contributed by atoms with van der Waals surface area (Å²) in [6.07, 6.45) is 0.377. The average molecular weight is 607 g/mol. The van der Waals surface area contributed by atoms with Crippen LogP contribution in [0.1, 0.15) is 77.9 Å². The molecule has 1 fully saturated rings. The first-order valence-corrected chi connectivity index (χ1v) is 15.6. The van der Waals surface area contributed by atoms with Gasteiger partial charge in [-0.25, -0.2) is 9.59 Å². The summed E-state index contributed by atoms with van der Waals surface area (Å²) in [5, 5.41) is 2.21. The van der Waals surface area contributed by atoms with Crippen molar-refractivity contribution >= 4 is 28.7 Å². The van der Waals surface area contributed by atoms with Crippen LogP contribution >= 0.6 is 0 Å². The summed E-state index contributed by atoms with van der Waals surface area (Å²) in [6.45, 7) is 9.15. The summed E-state index contributed by atoms with van der Waals surface area (Å²) >= 11 is 0. The molecule has 234 valence electrons. The SMILES string of the molecule is COC(=O)c1ccc(C(=O)N2CCC(c3ccccc3)C(CN(C(=O)OC(C)(C)C)[C@H](C)c3cccc4ccccc34)C2)cc1. The molecule has 0 saturated carbocycles. The molecule has 2 amide bonds. The minimum absolute atomic E-state index is 0.0515. The minimum Gasteiger partial charge on any atom is -0.465 e. The lowest BCUT2D eigenvalue weighted by molar-refractivity contribution is 0.00888. The van der Waals surface area contributed by atoms with E-state index < -0.39 is 11.6 Å². The molecule has 5 rings (SSSR count). The van der Waals surface area contributed by atoms with Crippen molar-refractivity contribution in [1.29, 1.82) is 0 Å². The Kier molecular flexibility index (Phi) is 9.57. The lowest BCUT2D eigenvalue weighted by atomic mass is 9.79. The Labute approximate surface area is 265 Å². The van der Waals surface area contributed by atoms with Crippen molar-refractivity contribution in [3.8, 4) is 0 Å². The molecular formula is C38H42N2O5. The van der Waals surface area contributed by atoms with Gasteiger partial charge in [0.05, 0.1) is 18.7 Å². The zero-order valence-electron chi connectivity index (χ0n) is 26.7. The van der Waals surface area contributed by atoms with Crippen molar-refractivity contribution in [2.45, 2.75) is 51.7 Å². The van der Waals surface area contributed by atoms with Crippen LogP contribution in [-0.2, 0) is 9.47 Å². The van der Waals surface area contributed by atoms with E-state index in [1.54, 1.807) is 24.3 Å². The van der Waals surface area contributed by atoms with E-state index in [2.05, 4.69) is 43.3 Å². The number of piperidine rings is 1. The van der Waals surface area contributed by atoms with Crippen molar-refractivity contribution in [3.63, 3.8) is 0 Å². The van der Waals surface area contributed by atoms with Gasteiger partial charge in [-0.2, -0.15) is 0 Å². The highest BCUT2D eigenvalue weighted by Gasteiger charge is 2.37. The molecule has 2 unspecified atom stereocenters. The molecule has 4 aromatic rings. The van der Waals surface area contributed by atoms with Gasteiger partial charge in [-0.05, 0) is 86.2 Å². The fourth-order valence-electron chi connectivity index (χ4n) is 6.34. The maximum atomic E-state index is 14.0. The van der Waals surface area contributed by atoms with E-state index >= 15 is 0 Å². The Balaban J connectivity index is 1.48. The third-order valence-corrected chi connectivity index (χ3v) is 8.60. The molecule has 1 saturated heterocycles. The Morgan fingerprint density at radius 3 is 2.20 bits per heavy atom. The zero-order chi connectivity index (χ0) is 32.1. The van der Waals surface area contributed by atoms with E-state index in [0.29, 0.717) is 30.8 Å². The van der Waals surface area contributed by atoms with Gasteiger partial charge in [0.25, 0.3) is 5.91 Å². The fraction of sp³-hybridized carbons (Fsp3) is 0.342. The number of rotatable bonds is 7. The summed E-state index contributed by atoms with van der Waals surface area (Å²) in [4.78, 5) is 43.3. The summed E-state index contributed by atoms with van der Waals surface area (Å²) < 4.78 is 10.8. The van der Waals surface area contributed by atoms with Crippen LogP contribution in [0.25, 0.3) is 10.8 Å². The Morgan fingerprint density at radius 2 is 1.51 bits per heavy atom. The minimum atomic E-state index is -0.669. The maximum Gasteiger partial charge on any atom is 0.410 e. The molecule has 7 nitrogen and oxygen atoms in total. The quantitative estimate of drug-likeness (QED) is 0.200. The van der Waals surface area contributed by atoms with Gasteiger partial charge in [0.15, 0.2) is 0 Å². The number of hydrogen-bond acceptors (Lipinski definition) is 5. The van der Waals surface area contributed by atoms with Crippen LogP contribution in [0.2, 0.25) is 0 Å². The number of esters is 1. The molecular weight excluding hydrogens is 564 g/mol. The van der Waals surface area contributed by atoms with Crippen molar-refractivity contribution in [1.82, 2.24) is 9.80 Å². The van der Waals surface area contributed by atoms with E-state index in [0.717, 1.165) is 22.8 Å². The predicted octanol–water partition coefficient (Wildman–Crippen LogP) is 7.87. The number of benzene rings is 4. The van der Waals surface area contributed by atoms with Crippen LogP contribution in [-0.4, -0.2) is 60.1 Å². The second-order valence-corrected chi connectivity index (χ2v) is 12.8. The predicted molar refractivity (Wildman–Crippen MR) is 176 cm³/mol. The molecule has 1 aliphatic rings. The molecule has 0 aliphatic carbocycles. The van der Waals surface area contributed by atoms with E-state index in [4.69, 9.17) is 9.47 Å². The average Bonchev–Trinajstić information content (AvgIpc) is 3.05. The smallest absolute Gasteiger partial charge is 0.410 e. The first-order chi connectivity index (χ1) is 21.6. The highest BCUT2D eigenvalue weighted by Crippen LogP contribution is 2.37. The standard InChI is InChI=1S/C38H42N2O5/c1-26(32-17-11-15-28-14-9-10-16-34(28)32)40(37(43)45-38(2,3)4)25-31-24-39(23-22-33(31)27-12-7-6-8-13-27)35(41)29-18-20-30(21-19-29)36(42)44-5/h6-21,26,31,33H,22-25H2,1-5H3/t26-,31?,33?/m1/s1. The molecule has 0 N–H and O–H groups in total. The monoisotopic (exact) mass is 606 g/mol. The van der Waals surface area contributed by atoms with E-state index in [-0.39, 0.29) is 29.9 Å². The normalized spacial score (nSPS) is 17.4. The summed E-state index contributed by atoms with van der Waals surface area (Å²) in [6, 6.07) is 31.0. The fourth-order valence-corrected chi connectivity index (χ4v) is 6.34. The summed E-state index contributed by atoms with van der Waals surface area (Å²) in [5.41, 5.74) is 2.47. The number of carbonyl (C=O) groups excluding carboxylic acids is 3. The van der Waals surface area contributed by atoms with Crippen molar-refractivity contribution < 1.29 is 23.9 Å². The van der Waals surface area contributed by atoms with E-state index in [1.165, 1.54) is 12.7 Å². The van der Waals surface area contributed by atoms with Crippen molar-refractivity contribution in [2.75, 3.05) is 26.7 Å². The van der Waals surface area contributed by atoms with Gasteiger partial charge >= 0.3 is 12.1 Å². The van der Waals surface area contributed by atoms with E-state index in [9.17, 15) is 14.4 Å². The highest BCUT2D eigenvalue weighted by molar-refractivity contribution is 5.96. The van der Waals surface area contributed by atoms with Crippen LogP contribution in [0.3, 0.4) is 0 Å². The van der Waals surface area contributed by atoms with Crippen LogP contribution in [0.5, 0.6) is 0 Å². The topological polar surface area (TPSA) is 76.2 Å². The third-order valence-electron chi connectivity index (χ3n) is 8.60. The number of likely N-dealkylation sites (tertiary alicyclic amines) is 1. The first-order valence-electron chi connectivity index (χ1n) is 15.6. The van der Waals surface area contributed by atoms with Crippen molar-refractivity contribution in [2.24, 2.45) is 5.92 Å². The molecule has 3 atom stereocenters. The number of hydrogen-bond donors (Lipinski definition) is 0. The molecule has 7 heteroatoms.